The molecule has 1 fully saturated rings. The molecular weight excluding hydrogens is 252 g/mol. The molecule has 0 radical (unpaired) electrons. The van der Waals surface area contributed by atoms with E-state index in [-0.39, 0.29) is 5.91 Å². The number of morpholine rings is 1. The zero-order valence-electron chi connectivity index (χ0n) is 11.8. The van der Waals surface area contributed by atoms with Gasteiger partial charge in [0.15, 0.2) is 0 Å². The number of aromatic nitrogens is 1. The predicted octanol–water partition coefficient (Wildman–Crippen LogP) is 2.32. The molecular formula is C16H18N2O2. The number of carbonyl (C=O) groups excluding carboxylic acids is 1. The molecule has 2 heterocycles. The summed E-state index contributed by atoms with van der Waals surface area (Å²) in [6.45, 7) is 6.51. The molecule has 1 aromatic heterocycles. The Morgan fingerprint density at radius 1 is 1.20 bits per heavy atom. The molecule has 0 bridgehead atoms. The van der Waals surface area contributed by atoms with E-state index >= 15 is 0 Å². The topological polar surface area (TPSA) is 42.4 Å². The average molecular weight is 270 g/mol. The Morgan fingerprint density at radius 2 is 1.95 bits per heavy atom. The highest BCUT2D eigenvalue weighted by Crippen LogP contribution is 2.21. The number of pyridine rings is 1. The lowest BCUT2D eigenvalue weighted by molar-refractivity contribution is 0.0304. The van der Waals surface area contributed by atoms with Gasteiger partial charge in [0.05, 0.1) is 24.3 Å². The van der Waals surface area contributed by atoms with Crippen LogP contribution >= 0.6 is 0 Å². The Hall–Kier alpha value is -1.94. The van der Waals surface area contributed by atoms with Crippen LogP contribution < -0.4 is 0 Å². The van der Waals surface area contributed by atoms with Crippen LogP contribution in [0.4, 0.5) is 0 Å². The zero-order valence-corrected chi connectivity index (χ0v) is 11.8. The third-order valence-electron chi connectivity index (χ3n) is 3.62. The minimum Gasteiger partial charge on any atom is -0.378 e. The Kier molecular flexibility index (Phi) is 3.40. The van der Waals surface area contributed by atoms with Gasteiger partial charge >= 0.3 is 0 Å². The first kappa shape index (κ1) is 13.1. The van der Waals surface area contributed by atoms with Crippen LogP contribution in [0.1, 0.15) is 21.6 Å². The average Bonchev–Trinajstić information content (AvgIpc) is 2.47. The maximum Gasteiger partial charge on any atom is 0.254 e. The van der Waals surface area contributed by atoms with E-state index < -0.39 is 0 Å². The molecule has 0 atom stereocenters. The summed E-state index contributed by atoms with van der Waals surface area (Å²) in [5.74, 6) is 0.0781. The van der Waals surface area contributed by atoms with Gasteiger partial charge in [-0.3, -0.25) is 9.78 Å². The fourth-order valence-electron chi connectivity index (χ4n) is 2.59. The predicted molar refractivity (Wildman–Crippen MR) is 77.9 cm³/mol. The summed E-state index contributed by atoms with van der Waals surface area (Å²) in [5, 5.41) is 0.937. The summed E-state index contributed by atoms with van der Waals surface area (Å²) in [6, 6.07) is 7.93. The van der Waals surface area contributed by atoms with Crippen molar-refractivity contribution in [3.8, 4) is 0 Å². The van der Waals surface area contributed by atoms with Crippen molar-refractivity contribution in [2.24, 2.45) is 0 Å². The fraction of sp³-hybridized carbons (Fsp3) is 0.375. The molecule has 0 aliphatic carbocycles. The van der Waals surface area contributed by atoms with E-state index in [9.17, 15) is 4.79 Å². The Morgan fingerprint density at radius 3 is 2.70 bits per heavy atom. The van der Waals surface area contributed by atoms with Crippen molar-refractivity contribution in [3.63, 3.8) is 0 Å². The smallest absolute Gasteiger partial charge is 0.254 e. The molecule has 104 valence electrons. The van der Waals surface area contributed by atoms with Crippen LogP contribution in [0.3, 0.4) is 0 Å². The second-order valence-corrected chi connectivity index (χ2v) is 5.24. The number of hydrogen-bond acceptors (Lipinski definition) is 3. The molecule has 1 aliphatic heterocycles. The molecule has 1 aromatic carbocycles. The Labute approximate surface area is 118 Å². The van der Waals surface area contributed by atoms with Crippen molar-refractivity contribution in [1.82, 2.24) is 9.88 Å². The van der Waals surface area contributed by atoms with Crippen LogP contribution in [0.15, 0.2) is 24.3 Å². The van der Waals surface area contributed by atoms with Gasteiger partial charge in [0.1, 0.15) is 0 Å². The number of hydrogen-bond donors (Lipinski definition) is 0. The lowest BCUT2D eigenvalue weighted by atomic mass is 10.0. The van der Waals surface area contributed by atoms with Crippen LogP contribution in [0.25, 0.3) is 10.9 Å². The number of ether oxygens (including phenoxy) is 1. The molecule has 4 heteroatoms. The van der Waals surface area contributed by atoms with Crippen LogP contribution in [0.2, 0.25) is 0 Å². The van der Waals surface area contributed by atoms with Gasteiger partial charge in [-0.2, -0.15) is 0 Å². The minimum atomic E-state index is 0.0781. The molecule has 0 spiro atoms. The van der Waals surface area contributed by atoms with Gasteiger partial charge in [-0.25, -0.2) is 0 Å². The van der Waals surface area contributed by atoms with Crippen molar-refractivity contribution >= 4 is 16.8 Å². The van der Waals surface area contributed by atoms with Crippen molar-refractivity contribution in [2.45, 2.75) is 13.8 Å². The summed E-state index contributed by atoms with van der Waals surface area (Å²) in [7, 11) is 0. The number of nitrogens with zero attached hydrogens (tertiary/aromatic N) is 2. The summed E-state index contributed by atoms with van der Waals surface area (Å²) in [5.41, 5.74) is 3.64. The normalized spacial score (nSPS) is 15.6. The quantitative estimate of drug-likeness (QED) is 0.798. The minimum absolute atomic E-state index is 0.0781. The summed E-state index contributed by atoms with van der Waals surface area (Å²) < 4.78 is 5.31. The van der Waals surface area contributed by atoms with Crippen molar-refractivity contribution in [3.05, 3.63) is 41.1 Å². The Bertz CT molecular complexity index is 661. The van der Waals surface area contributed by atoms with E-state index in [2.05, 4.69) is 4.98 Å². The zero-order chi connectivity index (χ0) is 14.1. The van der Waals surface area contributed by atoms with E-state index in [4.69, 9.17) is 4.74 Å². The molecule has 0 unspecified atom stereocenters. The first-order chi connectivity index (χ1) is 9.65. The Balaban J connectivity index is 2.09. The maximum atomic E-state index is 12.7. The summed E-state index contributed by atoms with van der Waals surface area (Å²) >= 11 is 0. The highest BCUT2D eigenvalue weighted by atomic mass is 16.5. The largest absolute Gasteiger partial charge is 0.378 e. The van der Waals surface area contributed by atoms with Crippen LogP contribution in [-0.4, -0.2) is 42.1 Å². The highest BCUT2D eigenvalue weighted by molar-refractivity contribution is 6.06. The second kappa shape index (κ2) is 5.21. The van der Waals surface area contributed by atoms with Gasteiger partial charge in [-0.05, 0) is 32.0 Å². The number of carbonyl (C=O) groups is 1. The molecule has 1 aliphatic rings. The molecule has 0 saturated carbocycles. The molecule has 1 amide bonds. The number of fused-ring (bicyclic) bond motifs is 1. The maximum absolute atomic E-state index is 12.7. The molecule has 3 rings (SSSR count). The number of aryl methyl sites for hydroxylation is 2. The molecule has 20 heavy (non-hydrogen) atoms. The van der Waals surface area contributed by atoms with E-state index in [1.807, 2.05) is 43.0 Å². The summed E-state index contributed by atoms with van der Waals surface area (Å²) in [4.78, 5) is 19.1. The first-order valence-electron chi connectivity index (χ1n) is 6.90. The van der Waals surface area contributed by atoms with Gasteiger partial charge in [0, 0.05) is 24.2 Å². The first-order valence-corrected chi connectivity index (χ1v) is 6.90. The number of benzene rings is 1. The van der Waals surface area contributed by atoms with Crippen molar-refractivity contribution in [2.75, 3.05) is 26.3 Å². The molecule has 0 N–H and O–H groups in total. The highest BCUT2D eigenvalue weighted by Gasteiger charge is 2.21. The number of rotatable bonds is 1. The van der Waals surface area contributed by atoms with E-state index in [1.54, 1.807) is 0 Å². The third-order valence-corrected chi connectivity index (χ3v) is 3.62. The van der Waals surface area contributed by atoms with Crippen LogP contribution in [-0.2, 0) is 4.74 Å². The lowest BCUT2D eigenvalue weighted by Crippen LogP contribution is -2.40. The van der Waals surface area contributed by atoms with Gasteiger partial charge < -0.3 is 9.64 Å². The third kappa shape index (κ3) is 2.39. The lowest BCUT2D eigenvalue weighted by Gasteiger charge is -2.27. The summed E-state index contributed by atoms with van der Waals surface area (Å²) in [6.07, 6.45) is 0. The van der Waals surface area contributed by atoms with Crippen LogP contribution in [0.5, 0.6) is 0 Å². The molecule has 2 aromatic rings. The monoisotopic (exact) mass is 270 g/mol. The van der Waals surface area contributed by atoms with Gasteiger partial charge in [0.2, 0.25) is 0 Å². The second-order valence-electron chi connectivity index (χ2n) is 5.24. The molecule has 4 nitrogen and oxygen atoms in total. The van der Waals surface area contributed by atoms with Crippen molar-refractivity contribution in [1.29, 1.82) is 0 Å². The van der Waals surface area contributed by atoms with E-state index in [0.29, 0.717) is 26.3 Å². The standard InChI is InChI=1S/C16H18N2O2/c1-11-3-4-15-13(9-11)14(10-12(2)17-15)16(19)18-5-7-20-8-6-18/h3-4,9-10H,5-8H2,1-2H3. The molecule has 1 saturated heterocycles. The van der Waals surface area contributed by atoms with Gasteiger partial charge in [-0.15, -0.1) is 0 Å². The van der Waals surface area contributed by atoms with Crippen LogP contribution in [0, 0.1) is 13.8 Å². The SMILES string of the molecule is Cc1ccc2nc(C)cc(C(=O)N3CCOCC3)c2c1. The van der Waals surface area contributed by atoms with E-state index in [0.717, 1.165) is 27.7 Å². The van der Waals surface area contributed by atoms with E-state index in [1.165, 1.54) is 0 Å². The fourth-order valence-corrected chi connectivity index (χ4v) is 2.59. The van der Waals surface area contributed by atoms with Crippen molar-refractivity contribution < 1.29 is 9.53 Å². The number of amides is 1. The van der Waals surface area contributed by atoms with Gasteiger partial charge in [-0.1, -0.05) is 11.6 Å². The van der Waals surface area contributed by atoms with Gasteiger partial charge in [0.25, 0.3) is 5.91 Å².